The fourth-order valence-electron chi connectivity index (χ4n) is 2.68. The third kappa shape index (κ3) is 2.61. The van der Waals surface area contributed by atoms with Gasteiger partial charge in [-0.15, -0.1) is 0 Å². The number of nitrogens with one attached hydrogen (secondary N) is 1. The van der Waals surface area contributed by atoms with Crippen molar-refractivity contribution in [3.05, 3.63) is 30.5 Å². The third-order valence-corrected chi connectivity index (χ3v) is 5.75. The zero-order valence-corrected chi connectivity index (χ0v) is 12.9. The van der Waals surface area contributed by atoms with Gasteiger partial charge in [0.15, 0.2) is 0 Å². The summed E-state index contributed by atoms with van der Waals surface area (Å²) in [6, 6.07) is 6.66. The first-order valence-corrected chi connectivity index (χ1v) is 8.47. The van der Waals surface area contributed by atoms with Crippen molar-refractivity contribution in [3.8, 4) is 0 Å². The first-order chi connectivity index (χ1) is 9.81. The lowest BCUT2D eigenvalue weighted by Gasteiger charge is -2.26. The topological polar surface area (TPSA) is 85.1 Å². The van der Waals surface area contributed by atoms with Crippen molar-refractivity contribution in [2.75, 3.05) is 5.73 Å². The van der Waals surface area contributed by atoms with Crippen LogP contribution in [0.25, 0.3) is 10.9 Å². The number of nitrogens with two attached hydrogens (primary N) is 1. The Morgan fingerprint density at radius 3 is 2.67 bits per heavy atom. The monoisotopic (exact) mass is 305 g/mol. The van der Waals surface area contributed by atoms with Gasteiger partial charge in [-0.05, 0) is 56.9 Å². The summed E-state index contributed by atoms with van der Waals surface area (Å²) in [6.45, 7) is 3.85. The molecule has 1 heterocycles. The van der Waals surface area contributed by atoms with Crippen LogP contribution in [0.2, 0.25) is 0 Å². The van der Waals surface area contributed by atoms with Crippen LogP contribution in [-0.4, -0.2) is 18.9 Å². The number of nitrogen functional groups attached to an aromatic ring is 1. The van der Waals surface area contributed by atoms with Gasteiger partial charge >= 0.3 is 0 Å². The van der Waals surface area contributed by atoms with Crippen LogP contribution in [0.15, 0.2) is 35.4 Å². The molecule has 0 aliphatic heterocycles. The van der Waals surface area contributed by atoms with E-state index in [-0.39, 0.29) is 4.90 Å². The highest BCUT2D eigenvalue weighted by Crippen LogP contribution is 2.40. The third-order valence-electron chi connectivity index (χ3n) is 4.05. The predicted molar refractivity (Wildman–Crippen MR) is 83.3 cm³/mol. The van der Waals surface area contributed by atoms with E-state index < -0.39 is 15.6 Å². The van der Waals surface area contributed by atoms with Gasteiger partial charge in [0.2, 0.25) is 10.0 Å². The number of rotatable bonds is 4. The highest BCUT2D eigenvalue weighted by atomic mass is 32.2. The van der Waals surface area contributed by atoms with Crippen molar-refractivity contribution in [2.45, 2.75) is 37.1 Å². The van der Waals surface area contributed by atoms with E-state index in [0.717, 1.165) is 12.8 Å². The standard InChI is InChI=1S/C15H19N3O2S/c1-15(2,10-5-6-10)18-21(19,20)13-8-7-12(16)11-4-3-9-17-14(11)13/h3-4,7-10,18H,5-6,16H2,1-2H3. The molecule has 3 rings (SSSR count). The zero-order valence-electron chi connectivity index (χ0n) is 12.1. The molecule has 2 aromatic rings. The largest absolute Gasteiger partial charge is 0.398 e. The van der Waals surface area contributed by atoms with Crippen molar-refractivity contribution in [1.82, 2.24) is 9.71 Å². The summed E-state index contributed by atoms with van der Waals surface area (Å²) in [4.78, 5) is 4.38. The number of hydrogen-bond donors (Lipinski definition) is 2. The van der Waals surface area contributed by atoms with Crippen molar-refractivity contribution < 1.29 is 8.42 Å². The molecule has 0 amide bonds. The number of sulfonamides is 1. The molecule has 1 saturated carbocycles. The molecule has 112 valence electrons. The molecule has 0 saturated heterocycles. The van der Waals surface area contributed by atoms with E-state index in [1.165, 1.54) is 6.07 Å². The zero-order chi connectivity index (χ0) is 15.3. The minimum atomic E-state index is -3.63. The number of benzene rings is 1. The average Bonchev–Trinajstić information content (AvgIpc) is 3.22. The second-order valence-electron chi connectivity index (χ2n) is 6.15. The first-order valence-electron chi connectivity index (χ1n) is 6.98. The molecule has 1 aromatic carbocycles. The van der Waals surface area contributed by atoms with Crippen LogP contribution < -0.4 is 10.5 Å². The van der Waals surface area contributed by atoms with E-state index >= 15 is 0 Å². The molecule has 1 aliphatic rings. The van der Waals surface area contributed by atoms with Gasteiger partial charge in [0.25, 0.3) is 0 Å². The molecule has 0 spiro atoms. The minimum absolute atomic E-state index is 0.182. The summed E-state index contributed by atoms with van der Waals surface area (Å²) in [6.07, 6.45) is 3.71. The Kier molecular flexibility index (Phi) is 3.18. The van der Waals surface area contributed by atoms with Crippen molar-refractivity contribution in [1.29, 1.82) is 0 Å². The number of nitrogens with zero attached hydrogens (tertiary/aromatic N) is 1. The predicted octanol–water partition coefficient (Wildman–Crippen LogP) is 2.28. The lowest BCUT2D eigenvalue weighted by atomic mass is 10.0. The summed E-state index contributed by atoms with van der Waals surface area (Å²) in [5, 5.41) is 0.657. The number of hydrogen-bond acceptors (Lipinski definition) is 4. The SMILES string of the molecule is CC(C)(NS(=O)(=O)c1ccc(N)c2cccnc12)C1CC1. The maximum atomic E-state index is 12.7. The molecule has 0 unspecified atom stereocenters. The van der Waals surface area contributed by atoms with E-state index in [2.05, 4.69) is 9.71 Å². The fraction of sp³-hybridized carbons (Fsp3) is 0.400. The van der Waals surface area contributed by atoms with Gasteiger partial charge in [-0.3, -0.25) is 4.98 Å². The molecule has 0 radical (unpaired) electrons. The molecule has 1 aliphatic carbocycles. The van der Waals surface area contributed by atoms with E-state index in [4.69, 9.17) is 5.73 Å². The van der Waals surface area contributed by atoms with Crippen LogP contribution in [-0.2, 0) is 10.0 Å². The molecule has 1 fully saturated rings. The summed E-state index contributed by atoms with van der Waals surface area (Å²) in [5.41, 5.74) is 6.40. The Balaban J connectivity index is 2.09. The molecule has 0 bridgehead atoms. The average molecular weight is 305 g/mol. The second-order valence-corrected chi connectivity index (χ2v) is 7.80. The fourth-order valence-corrected chi connectivity index (χ4v) is 4.31. The Hall–Kier alpha value is -1.66. The van der Waals surface area contributed by atoms with Gasteiger partial charge in [-0.2, -0.15) is 0 Å². The molecule has 3 N–H and O–H groups in total. The lowest BCUT2D eigenvalue weighted by Crippen LogP contribution is -2.45. The van der Waals surface area contributed by atoms with Gasteiger partial charge in [0.05, 0.1) is 5.52 Å². The van der Waals surface area contributed by atoms with Gasteiger partial charge in [0, 0.05) is 22.8 Å². The van der Waals surface area contributed by atoms with E-state index in [9.17, 15) is 8.42 Å². The molecular weight excluding hydrogens is 286 g/mol. The second kappa shape index (κ2) is 4.68. The quantitative estimate of drug-likeness (QED) is 0.849. The van der Waals surface area contributed by atoms with Crippen LogP contribution in [0.5, 0.6) is 0 Å². The van der Waals surface area contributed by atoms with Crippen LogP contribution in [0.3, 0.4) is 0 Å². The molecule has 5 nitrogen and oxygen atoms in total. The normalized spacial score (nSPS) is 16.3. The van der Waals surface area contributed by atoms with Gasteiger partial charge < -0.3 is 5.73 Å². The smallest absolute Gasteiger partial charge is 0.243 e. The number of aromatic nitrogens is 1. The molecular formula is C15H19N3O2S. The maximum absolute atomic E-state index is 12.7. The van der Waals surface area contributed by atoms with Crippen LogP contribution in [0.1, 0.15) is 26.7 Å². The van der Waals surface area contributed by atoms with Crippen molar-refractivity contribution >= 4 is 26.6 Å². The molecule has 0 atom stereocenters. The molecule has 1 aromatic heterocycles. The Morgan fingerprint density at radius 1 is 1.29 bits per heavy atom. The first kappa shape index (κ1) is 14.3. The van der Waals surface area contributed by atoms with Gasteiger partial charge in [0.1, 0.15) is 4.90 Å². The summed E-state index contributed by atoms with van der Waals surface area (Å²) in [7, 11) is -3.63. The van der Waals surface area contributed by atoms with Crippen LogP contribution >= 0.6 is 0 Å². The van der Waals surface area contributed by atoms with Crippen LogP contribution in [0.4, 0.5) is 5.69 Å². The van der Waals surface area contributed by atoms with E-state index in [0.29, 0.717) is 22.5 Å². The summed E-state index contributed by atoms with van der Waals surface area (Å²) >= 11 is 0. The summed E-state index contributed by atoms with van der Waals surface area (Å²) in [5.74, 6) is 0.403. The lowest BCUT2D eigenvalue weighted by molar-refractivity contribution is 0.400. The number of pyridine rings is 1. The highest BCUT2D eigenvalue weighted by Gasteiger charge is 2.41. The maximum Gasteiger partial charge on any atom is 0.243 e. The number of anilines is 1. The Labute approximate surface area is 124 Å². The Bertz CT molecular complexity index is 796. The molecule has 21 heavy (non-hydrogen) atoms. The number of fused-ring (bicyclic) bond motifs is 1. The van der Waals surface area contributed by atoms with Crippen molar-refractivity contribution in [3.63, 3.8) is 0 Å². The van der Waals surface area contributed by atoms with Gasteiger partial charge in [-0.25, -0.2) is 13.1 Å². The summed E-state index contributed by atoms with van der Waals surface area (Å²) < 4.78 is 28.2. The Morgan fingerprint density at radius 2 is 2.00 bits per heavy atom. The van der Waals surface area contributed by atoms with Crippen molar-refractivity contribution in [2.24, 2.45) is 5.92 Å². The van der Waals surface area contributed by atoms with Gasteiger partial charge in [-0.1, -0.05) is 0 Å². The van der Waals surface area contributed by atoms with E-state index in [1.54, 1.807) is 24.4 Å². The minimum Gasteiger partial charge on any atom is -0.398 e. The van der Waals surface area contributed by atoms with Crippen LogP contribution in [0, 0.1) is 5.92 Å². The van der Waals surface area contributed by atoms with E-state index in [1.807, 2.05) is 13.8 Å². The molecule has 6 heteroatoms. The highest BCUT2D eigenvalue weighted by molar-refractivity contribution is 7.89.